The molecule has 2 atom stereocenters. The predicted octanol–water partition coefficient (Wildman–Crippen LogP) is 4.62. The van der Waals surface area contributed by atoms with Gasteiger partial charge < -0.3 is 14.2 Å². The molecule has 1 aliphatic heterocycles. The summed E-state index contributed by atoms with van der Waals surface area (Å²) >= 11 is 0. The molecule has 1 aliphatic rings. The molecular formula is C24H19FO5. The van der Waals surface area contributed by atoms with E-state index in [9.17, 15) is 14.0 Å². The summed E-state index contributed by atoms with van der Waals surface area (Å²) in [6.07, 6.45) is -0.600. The Labute approximate surface area is 173 Å². The van der Waals surface area contributed by atoms with Crippen molar-refractivity contribution in [2.24, 2.45) is 5.92 Å². The van der Waals surface area contributed by atoms with Gasteiger partial charge in [-0.1, -0.05) is 18.2 Å². The fourth-order valence-corrected chi connectivity index (χ4v) is 3.45. The molecular weight excluding hydrogens is 387 g/mol. The number of hydrogen-bond acceptors (Lipinski definition) is 5. The number of esters is 1. The molecule has 6 heteroatoms. The van der Waals surface area contributed by atoms with Crippen molar-refractivity contribution in [3.05, 3.63) is 95.3 Å². The van der Waals surface area contributed by atoms with E-state index in [4.69, 9.17) is 14.2 Å². The Bertz CT molecular complexity index is 1060. The highest BCUT2D eigenvalue weighted by Gasteiger charge is 2.38. The second-order valence-electron chi connectivity index (χ2n) is 6.88. The first-order valence-electron chi connectivity index (χ1n) is 9.43. The Kier molecular flexibility index (Phi) is 5.48. The van der Waals surface area contributed by atoms with E-state index >= 15 is 0 Å². The van der Waals surface area contributed by atoms with Gasteiger partial charge in [0.1, 0.15) is 30.0 Å². The second-order valence-corrected chi connectivity index (χ2v) is 6.88. The van der Waals surface area contributed by atoms with Crippen LogP contribution in [-0.2, 0) is 4.74 Å². The molecule has 30 heavy (non-hydrogen) atoms. The minimum atomic E-state index is -0.620. The Morgan fingerprint density at radius 3 is 2.30 bits per heavy atom. The number of carbonyl (C=O) groups is 2. The number of fused-ring (bicyclic) bond motifs is 1. The van der Waals surface area contributed by atoms with Crippen LogP contribution < -0.4 is 9.47 Å². The largest absolute Gasteiger partial charge is 0.492 e. The fourth-order valence-electron chi connectivity index (χ4n) is 3.45. The van der Waals surface area contributed by atoms with E-state index in [1.165, 1.54) is 31.4 Å². The Morgan fingerprint density at radius 1 is 0.933 bits per heavy atom. The zero-order chi connectivity index (χ0) is 21.1. The van der Waals surface area contributed by atoms with Crippen molar-refractivity contribution in [3.63, 3.8) is 0 Å². The minimum Gasteiger partial charge on any atom is -0.492 e. The lowest BCUT2D eigenvalue weighted by atomic mass is 9.87. The third-order valence-electron chi connectivity index (χ3n) is 5.01. The van der Waals surface area contributed by atoms with Crippen LogP contribution in [0.4, 0.5) is 4.39 Å². The van der Waals surface area contributed by atoms with Gasteiger partial charge >= 0.3 is 5.97 Å². The second kappa shape index (κ2) is 8.37. The summed E-state index contributed by atoms with van der Waals surface area (Å²) < 4.78 is 30.0. The zero-order valence-corrected chi connectivity index (χ0v) is 16.2. The third-order valence-corrected chi connectivity index (χ3v) is 5.01. The number of benzene rings is 3. The maximum absolute atomic E-state index is 13.3. The highest BCUT2D eigenvalue weighted by atomic mass is 19.1. The molecule has 2 unspecified atom stereocenters. The van der Waals surface area contributed by atoms with E-state index in [-0.39, 0.29) is 12.4 Å². The van der Waals surface area contributed by atoms with Gasteiger partial charge in [0.15, 0.2) is 5.78 Å². The average Bonchev–Trinajstić information content (AvgIpc) is 2.79. The van der Waals surface area contributed by atoms with Crippen molar-refractivity contribution in [1.82, 2.24) is 0 Å². The zero-order valence-electron chi connectivity index (χ0n) is 16.2. The first-order chi connectivity index (χ1) is 14.6. The fraction of sp³-hybridized carbons (Fsp3) is 0.167. The van der Waals surface area contributed by atoms with Crippen molar-refractivity contribution < 1.29 is 28.2 Å². The highest BCUT2D eigenvalue weighted by molar-refractivity contribution is 5.98. The SMILES string of the molecule is COC(=O)c1ccc(OC2c3ccccc3OCC2C(=O)c2ccc(F)cc2)cc1. The van der Waals surface area contributed by atoms with Crippen LogP contribution >= 0.6 is 0 Å². The third kappa shape index (κ3) is 3.89. The molecule has 0 radical (unpaired) electrons. The van der Waals surface area contributed by atoms with E-state index in [1.54, 1.807) is 24.3 Å². The molecule has 0 spiro atoms. The number of carbonyl (C=O) groups excluding carboxylic acids is 2. The Hall–Kier alpha value is -3.67. The van der Waals surface area contributed by atoms with E-state index in [2.05, 4.69) is 0 Å². The first-order valence-corrected chi connectivity index (χ1v) is 9.43. The molecule has 0 saturated heterocycles. The van der Waals surface area contributed by atoms with Crippen LogP contribution in [0.25, 0.3) is 0 Å². The number of ether oxygens (including phenoxy) is 3. The van der Waals surface area contributed by atoms with Gasteiger partial charge in [-0.05, 0) is 54.6 Å². The number of methoxy groups -OCH3 is 1. The maximum Gasteiger partial charge on any atom is 0.337 e. The monoisotopic (exact) mass is 406 g/mol. The van der Waals surface area contributed by atoms with Gasteiger partial charge in [0, 0.05) is 11.1 Å². The standard InChI is InChI=1S/C24H19FO5/c1-28-24(27)16-8-12-18(13-9-16)30-23-19-4-2-3-5-21(19)29-14-20(23)22(26)15-6-10-17(25)11-7-15/h2-13,20,23H,14H2,1H3. The lowest BCUT2D eigenvalue weighted by Crippen LogP contribution is -2.35. The molecule has 0 bridgehead atoms. The number of hydrogen-bond donors (Lipinski definition) is 0. The van der Waals surface area contributed by atoms with Crippen molar-refractivity contribution in [2.75, 3.05) is 13.7 Å². The molecule has 0 amide bonds. The molecule has 0 aromatic heterocycles. The summed E-state index contributed by atoms with van der Waals surface area (Å²) in [5.41, 5.74) is 1.54. The Morgan fingerprint density at radius 2 is 1.60 bits per heavy atom. The molecule has 0 aliphatic carbocycles. The van der Waals surface area contributed by atoms with Gasteiger partial charge in [-0.2, -0.15) is 0 Å². The van der Waals surface area contributed by atoms with Gasteiger partial charge in [0.25, 0.3) is 0 Å². The van der Waals surface area contributed by atoms with Crippen LogP contribution in [0.5, 0.6) is 11.5 Å². The van der Waals surface area contributed by atoms with Crippen LogP contribution in [-0.4, -0.2) is 25.5 Å². The summed E-state index contributed by atoms with van der Waals surface area (Å²) in [5, 5.41) is 0. The van der Waals surface area contributed by atoms with Crippen LogP contribution in [0, 0.1) is 11.7 Å². The topological polar surface area (TPSA) is 61.8 Å². The van der Waals surface area contributed by atoms with Crippen LogP contribution in [0.1, 0.15) is 32.4 Å². The predicted molar refractivity (Wildman–Crippen MR) is 107 cm³/mol. The highest BCUT2D eigenvalue weighted by Crippen LogP contribution is 2.40. The summed E-state index contributed by atoms with van der Waals surface area (Å²) in [6.45, 7) is 0.137. The van der Waals surface area contributed by atoms with Crippen molar-refractivity contribution in [3.8, 4) is 11.5 Å². The van der Waals surface area contributed by atoms with Crippen molar-refractivity contribution in [2.45, 2.75) is 6.10 Å². The summed E-state index contributed by atoms with van der Waals surface area (Å²) in [5.74, 6) is -0.512. The van der Waals surface area contributed by atoms with Crippen LogP contribution in [0.2, 0.25) is 0 Å². The van der Waals surface area contributed by atoms with Crippen molar-refractivity contribution in [1.29, 1.82) is 0 Å². The van der Waals surface area contributed by atoms with Gasteiger partial charge in [0.05, 0.1) is 18.6 Å². The molecule has 152 valence electrons. The lowest BCUT2D eigenvalue weighted by Gasteiger charge is -2.33. The first kappa shape index (κ1) is 19.6. The smallest absolute Gasteiger partial charge is 0.337 e. The normalized spacial score (nSPS) is 17.4. The summed E-state index contributed by atoms with van der Waals surface area (Å²) in [6, 6.07) is 19.3. The molecule has 0 fully saturated rings. The molecule has 3 aromatic rings. The number of halogens is 1. The van der Waals surface area contributed by atoms with E-state index in [1.807, 2.05) is 24.3 Å². The molecule has 0 N–H and O–H groups in total. The number of para-hydroxylation sites is 1. The molecule has 5 nitrogen and oxygen atoms in total. The van der Waals surface area contributed by atoms with E-state index in [0.717, 1.165) is 5.56 Å². The maximum atomic E-state index is 13.3. The number of ketones is 1. The van der Waals surface area contributed by atoms with Crippen LogP contribution in [0.15, 0.2) is 72.8 Å². The van der Waals surface area contributed by atoms with Gasteiger partial charge in [0.2, 0.25) is 0 Å². The quantitative estimate of drug-likeness (QED) is 0.457. The molecule has 0 saturated carbocycles. The van der Waals surface area contributed by atoms with Gasteiger partial charge in [-0.3, -0.25) is 4.79 Å². The van der Waals surface area contributed by atoms with Gasteiger partial charge in [-0.25, -0.2) is 9.18 Å². The molecule has 4 rings (SSSR count). The summed E-state index contributed by atoms with van der Waals surface area (Å²) in [7, 11) is 1.32. The number of rotatable bonds is 5. The van der Waals surface area contributed by atoms with E-state index in [0.29, 0.717) is 22.6 Å². The average molecular weight is 406 g/mol. The molecule has 3 aromatic carbocycles. The van der Waals surface area contributed by atoms with Gasteiger partial charge in [-0.15, -0.1) is 0 Å². The van der Waals surface area contributed by atoms with Crippen LogP contribution in [0.3, 0.4) is 0 Å². The molecule has 1 heterocycles. The van der Waals surface area contributed by atoms with Crippen molar-refractivity contribution >= 4 is 11.8 Å². The lowest BCUT2D eigenvalue weighted by molar-refractivity contribution is 0.0517. The van der Waals surface area contributed by atoms with E-state index < -0.39 is 23.8 Å². The summed E-state index contributed by atoms with van der Waals surface area (Å²) in [4.78, 5) is 24.8. The number of Topliss-reactive ketones (excluding diaryl/α,β-unsaturated/α-hetero) is 1. The minimum absolute atomic E-state index is 0.137. The Balaban J connectivity index is 1.65.